The van der Waals surface area contributed by atoms with Crippen molar-refractivity contribution in [1.82, 2.24) is 19.1 Å². The predicted octanol–water partition coefficient (Wildman–Crippen LogP) is 1.62. The monoisotopic (exact) mass is 370 g/mol. The van der Waals surface area contributed by atoms with Gasteiger partial charge in [-0.3, -0.25) is 14.3 Å². The summed E-state index contributed by atoms with van der Waals surface area (Å²) in [6, 6.07) is 6.87. The number of phenolic OH excluding ortho intramolecular Hbond substituents is 1. The van der Waals surface area contributed by atoms with Crippen LogP contribution in [0.5, 0.6) is 5.75 Å². The zero-order valence-electron chi connectivity index (χ0n) is 15.6. The van der Waals surface area contributed by atoms with Gasteiger partial charge in [0.05, 0.1) is 5.71 Å². The summed E-state index contributed by atoms with van der Waals surface area (Å²) in [5, 5.41) is 14.3. The number of nitrogens with one attached hydrogen (secondary N) is 2. The molecular weight excluding hydrogens is 348 g/mol. The standard InChI is InChI=1S/C18H22N6O3/c1-10(2)9-24-14-15(23(4)18(27)20-16(14)26)19-17(24)22-21-11(3)12-7-5-6-8-13(12)25/h5-8,10,25H,9H2,1-4H3,(H,19,22)(H,20,26,27)/b21-11-. The molecule has 1 aromatic carbocycles. The first-order chi connectivity index (χ1) is 12.8. The number of fused-ring (bicyclic) bond motifs is 1. The van der Waals surface area contributed by atoms with Gasteiger partial charge in [-0.2, -0.15) is 10.1 Å². The molecule has 0 amide bonds. The molecule has 9 heteroatoms. The molecule has 3 aromatic rings. The lowest BCUT2D eigenvalue weighted by atomic mass is 10.1. The van der Waals surface area contributed by atoms with Gasteiger partial charge in [0.15, 0.2) is 11.2 Å². The normalized spacial score (nSPS) is 12.1. The third-order valence-electron chi connectivity index (χ3n) is 4.17. The Hall–Kier alpha value is -3.36. The molecule has 0 bridgehead atoms. The molecule has 2 aromatic heterocycles. The fraction of sp³-hybridized carbons (Fsp3) is 0.333. The van der Waals surface area contributed by atoms with Gasteiger partial charge < -0.3 is 9.67 Å². The quantitative estimate of drug-likeness (QED) is 0.466. The highest BCUT2D eigenvalue weighted by Crippen LogP contribution is 2.19. The molecule has 9 nitrogen and oxygen atoms in total. The second-order valence-corrected chi connectivity index (χ2v) is 6.76. The first-order valence-electron chi connectivity index (χ1n) is 8.57. The number of para-hydroxylation sites is 1. The number of imidazole rings is 1. The van der Waals surface area contributed by atoms with Crippen LogP contribution in [-0.2, 0) is 13.6 Å². The van der Waals surface area contributed by atoms with Crippen LogP contribution in [0.4, 0.5) is 5.95 Å². The SMILES string of the molecule is C/C(=N/Nc1nc2c(c(=O)[nH]c(=O)n2C)n1CC(C)C)c1ccccc1O. The van der Waals surface area contributed by atoms with E-state index in [2.05, 4.69) is 20.5 Å². The molecule has 3 rings (SSSR count). The minimum absolute atomic E-state index is 0.120. The lowest BCUT2D eigenvalue weighted by molar-refractivity contribution is 0.474. The lowest BCUT2D eigenvalue weighted by Crippen LogP contribution is -2.29. The van der Waals surface area contributed by atoms with Gasteiger partial charge in [0.2, 0.25) is 5.95 Å². The number of hydrazone groups is 1. The Morgan fingerprint density at radius 2 is 2.04 bits per heavy atom. The first kappa shape index (κ1) is 18.4. The highest BCUT2D eigenvalue weighted by Gasteiger charge is 2.18. The van der Waals surface area contributed by atoms with E-state index >= 15 is 0 Å². The third-order valence-corrected chi connectivity index (χ3v) is 4.17. The van der Waals surface area contributed by atoms with E-state index < -0.39 is 11.2 Å². The topological polar surface area (TPSA) is 117 Å². The number of hydrogen-bond acceptors (Lipinski definition) is 6. The van der Waals surface area contributed by atoms with Crippen molar-refractivity contribution in [3.8, 4) is 5.75 Å². The molecule has 0 atom stereocenters. The van der Waals surface area contributed by atoms with Crippen LogP contribution in [0.3, 0.4) is 0 Å². The maximum atomic E-state index is 12.3. The fourth-order valence-corrected chi connectivity index (χ4v) is 2.84. The van der Waals surface area contributed by atoms with E-state index in [0.717, 1.165) is 0 Å². The van der Waals surface area contributed by atoms with Gasteiger partial charge in [-0.1, -0.05) is 26.0 Å². The highest BCUT2D eigenvalue weighted by molar-refractivity contribution is 6.01. The molecule has 0 radical (unpaired) electrons. The number of rotatable bonds is 5. The summed E-state index contributed by atoms with van der Waals surface area (Å²) >= 11 is 0. The summed E-state index contributed by atoms with van der Waals surface area (Å²) < 4.78 is 3.00. The Morgan fingerprint density at radius 1 is 1.33 bits per heavy atom. The summed E-state index contributed by atoms with van der Waals surface area (Å²) in [7, 11) is 1.55. The Bertz CT molecular complexity index is 1140. The zero-order chi connectivity index (χ0) is 19.7. The van der Waals surface area contributed by atoms with Crippen LogP contribution in [0.15, 0.2) is 39.0 Å². The molecule has 0 unspecified atom stereocenters. The van der Waals surface area contributed by atoms with Crippen LogP contribution in [0.1, 0.15) is 26.3 Å². The number of anilines is 1. The lowest BCUT2D eigenvalue weighted by Gasteiger charge is -2.11. The van der Waals surface area contributed by atoms with Gasteiger partial charge in [0.1, 0.15) is 5.75 Å². The van der Waals surface area contributed by atoms with Crippen LogP contribution >= 0.6 is 0 Å². The number of H-pyrrole nitrogens is 1. The molecule has 0 fully saturated rings. The molecule has 0 aliphatic heterocycles. The average Bonchev–Trinajstić information content (AvgIpc) is 2.96. The minimum Gasteiger partial charge on any atom is -0.507 e. The van der Waals surface area contributed by atoms with Gasteiger partial charge in [-0.05, 0) is 25.0 Å². The summed E-state index contributed by atoms with van der Waals surface area (Å²) in [6.45, 7) is 6.30. The molecule has 0 spiro atoms. The van der Waals surface area contributed by atoms with E-state index in [4.69, 9.17) is 0 Å². The van der Waals surface area contributed by atoms with Crippen molar-refractivity contribution < 1.29 is 5.11 Å². The van der Waals surface area contributed by atoms with Gasteiger partial charge >= 0.3 is 5.69 Å². The number of phenols is 1. The predicted molar refractivity (Wildman–Crippen MR) is 104 cm³/mol. The number of hydrogen-bond donors (Lipinski definition) is 3. The molecule has 0 aliphatic carbocycles. The Morgan fingerprint density at radius 3 is 2.70 bits per heavy atom. The van der Waals surface area contributed by atoms with Crippen LogP contribution in [0.25, 0.3) is 11.2 Å². The van der Waals surface area contributed by atoms with Gasteiger partial charge in [0, 0.05) is 19.2 Å². The fourth-order valence-electron chi connectivity index (χ4n) is 2.84. The second-order valence-electron chi connectivity index (χ2n) is 6.76. The van der Waals surface area contributed by atoms with Crippen molar-refractivity contribution in [2.75, 3.05) is 5.43 Å². The third kappa shape index (κ3) is 3.48. The Kier molecular flexibility index (Phi) is 4.85. The van der Waals surface area contributed by atoms with Crippen LogP contribution in [-0.4, -0.2) is 29.9 Å². The van der Waals surface area contributed by atoms with E-state index in [1.54, 1.807) is 42.8 Å². The molecule has 0 saturated heterocycles. The zero-order valence-corrected chi connectivity index (χ0v) is 15.6. The molecule has 142 valence electrons. The van der Waals surface area contributed by atoms with E-state index in [-0.39, 0.29) is 17.3 Å². The summed E-state index contributed by atoms with van der Waals surface area (Å²) in [4.78, 5) is 30.9. The molecule has 27 heavy (non-hydrogen) atoms. The van der Waals surface area contributed by atoms with E-state index in [9.17, 15) is 14.7 Å². The largest absolute Gasteiger partial charge is 0.507 e. The van der Waals surface area contributed by atoms with Gasteiger partial charge in [-0.15, -0.1) is 0 Å². The number of aromatic nitrogens is 4. The van der Waals surface area contributed by atoms with Crippen molar-refractivity contribution in [1.29, 1.82) is 0 Å². The van der Waals surface area contributed by atoms with Crippen LogP contribution < -0.4 is 16.7 Å². The summed E-state index contributed by atoms with van der Waals surface area (Å²) in [5.41, 5.74) is 3.58. The average molecular weight is 370 g/mol. The van der Waals surface area contributed by atoms with Crippen LogP contribution in [0, 0.1) is 5.92 Å². The second kappa shape index (κ2) is 7.10. The molecule has 3 N–H and O–H groups in total. The van der Waals surface area contributed by atoms with Crippen molar-refractivity contribution in [2.45, 2.75) is 27.3 Å². The smallest absolute Gasteiger partial charge is 0.329 e. The number of nitrogens with zero attached hydrogens (tertiary/aromatic N) is 4. The Labute approximate surface area is 155 Å². The van der Waals surface area contributed by atoms with Crippen LogP contribution in [0.2, 0.25) is 0 Å². The van der Waals surface area contributed by atoms with E-state index in [0.29, 0.717) is 29.3 Å². The van der Waals surface area contributed by atoms with Gasteiger partial charge in [-0.25, -0.2) is 10.2 Å². The first-order valence-corrected chi connectivity index (χ1v) is 8.57. The van der Waals surface area contributed by atoms with Crippen molar-refractivity contribution in [3.63, 3.8) is 0 Å². The van der Waals surface area contributed by atoms with Crippen molar-refractivity contribution in [3.05, 3.63) is 50.7 Å². The van der Waals surface area contributed by atoms with E-state index in [1.807, 2.05) is 13.8 Å². The number of aryl methyl sites for hydroxylation is 1. The van der Waals surface area contributed by atoms with Crippen molar-refractivity contribution >= 4 is 22.8 Å². The molecule has 0 aliphatic rings. The number of aromatic amines is 1. The van der Waals surface area contributed by atoms with E-state index in [1.165, 1.54) is 4.57 Å². The molecule has 0 saturated carbocycles. The van der Waals surface area contributed by atoms with Gasteiger partial charge in [0.25, 0.3) is 5.56 Å². The number of aromatic hydroxyl groups is 1. The maximum Gasteiger partial charge on any atom is 0.329 e. The Balaban J connectivity index is 2.11. The summed E-state index contributed by atoms with van der Waals surface area (Å²) in [5.74, 6) is 0.707. The van der Waals surface area contributed by atoms with Crippen molar-refractivity contribution in [2.24, 2.45) is 18.1 Å². The molecule has 2 heterocycles. The maximum absolute atomic E-state index is 12.3. The number of benzene rings is 1. The highest BCUT2D eigenvalue weighted by atomic mass is 16.3. The molecular formula is C18H22N6O3. The summed E-state index contributed by atoms with van der Waals surface area (Å²) in [6.07, 6.45) is 0. The minimum atomic E-state index is -0.526.